The van der Waals surface area contributed by atoms with Crippen LogP contribution in [0, 0.1) is 5.92 Å². The Labute approximate surface area is 94.0 Å². The van der Waals surface area contributed by atoms with Gasteiger partial charge in [-0.25, -0.2) is 0 Å². The van der Waals surface area contributed by atoms with Gasteiger partial charge in [0.15, 0.2) is 5.75 Å². The first-order valence-electron chi connectivity index (χ1n) is 5.53. The monoisotopic (exact) mass is 224 g/mol. The van der Waals surface area contributed by atoms with Gasteiger partial charge in [0.2, 0.25) is 0 Å². The second-order valence-electron chi connectivity index (χ2n) is 4.28. The van der Waals surface area contributed by atoms with E-state index in [0.717, 1.165) is 18.6 Å². The van der Waals surface area contributed by atoms with Gasteiger partial charge in [0.05, 0.1) is 24.4 Å². The van der Waals surface area contributed by atoms with Gasteiger partial charge in [0.25, 0.3) is 0 Å². The smallest absolute Gasteiger partial charge is 0.306 e. The molecule has 88 valence electrons. The Kier molecular flexibility index (Phi) is 3.12. The van der Waals surface area contributed by atoms with Gasteiger partial charge < -0.3 is 9.84 Å². The number of carboxylic acids is 1. The lowest BCUT2D eigenvalue weighted by Gasteiger charge is -2.26. The number of hydrogen-bond acceptors (Lipinski definition) is 3. The van der Waals surface area contributed by atoms with Gasteiger partial charge in [-0.15, -0.1) is 0 Å². The molecule has 0 radical (unpaired) electrons. The summed E-state index contributed by atoms with van der Waals surface area (Å²) in [6, 6.07) is 0. The maximum Gasteiger partial charge on any atom is 0.306 e. The van der Waals surface area contributed by atoms with E-state index in [-0.39, 0.29) is 12.0 Å². The zero-order valence-corrected chi connectivity index (χ0v) is 9.30. The number of carboxylic acid groups (broad SMARTS) is 1. The molecule has 1 aliphatic carbocycles. The lowest BCUT2D eigenvalue weighted by molar-refractivity contribution is -0.143. The molecule has 5 nitrogen and oxygen atoms in total. The molecule has 0 atom stereocenters. The van der Waals surface area contributed by atoms with Crippen molar-refractivity contribution in [2.75, 3.05) is 0 Å². The second-order valence-corrected chi connectivity index (χ2v) is 4.28. The average Bonchev–Trinajstić information content (AvgIpc) is 2.65. The highest BCUT2D eigenvalue weighted by atomic mass is 16.5. The van der Waals surface area contributed by atoms with E-state index in [9.17, 15) is 4.79 Å². The quantitative estimate of drug-likeness (QED) is 0.843. The molecule has 5 heteroatoms. The number of aliphatic carboxylic acids is 1. The van der Waals surface area contributed by atoms with Gasteiger partial charge in [-0.05, 0) is 25.7 Å². The summed E-state index contributed by atoms with van der Waals surface area (Å²) in [5.41, 5.74) is 0. The van der Waals surface area contributed by atoms with Crippen molar-refractivity contribution in [1.29, 1.82) is 0 Å². The molecule has 1 aliphatic rings. The first kappa shape index (κ1) is 11.0. The summed E-state index contributed by atoms with van der Waals surface area (Å²) in [4.78, 5) is 10.8. The predicted molar refractivity (Wildman–Crippen MR) is 57.2 cm³/mol. The van der Waals surface area contributed by atoms with Crippen molar-refractivity contribution in [3.05, 3.63) is 12.4 Å². The Morgan fingerprint density at radius 2 is 2.19 bits per heavy atom. The van der Waals surface area contributed by atoms with Crippen molar-refractivity contribution in [1.82, 2.24) is 9.78 Å². The fourth-order valence-electron chi connectivity index (χ4n) is 2.08. The third-order valence-electron chi connectivity index (χ3n) is 3.01. The van der Waals surface area contributed by atoms with Crippen molar-refractivity contribution in [3.8, 4) is 5.75 Å². The van der Waals surface area contributed by atoms with Gasteiger partial charge in [0.1, 0.15) is 0 Å². The third-order valence-corrected chi connectivity index (χ3v) is 3.01. The van der Waals surface area contributed by atoms with Gasteiger partial charge in [-0.3, -0.25) is 9.48 Å². The number of carbonyl (C=O) groups is 1. The highest BCUT2D eigenvalue weighted by molar-refractivity contribution is 5.70. The number of nitrogens with zero attached hydrogens (tertiary/aromatic N) is 2. The minimum absolute atomic E-state index is 0.139. The zero-order chi connectivity index (χ0) is 11.5. The maximum atomic E-state index is 10.8. The van der Waals surface area contributed by atoms with Crippen LogP contribution in [0.2, 0.25) is 0 Å². The molecular weight excluding hydrogens is 208 g/mol. The number of aromatic nitrogens is 2. The lowest BCUT2D eigenvalue weighted by atomic mass is 9.87. The summed E-state index contributed by atoms with van der Waals surface area (Å²) in [5, 5.41) is 12.9. The second kappa shape index (κ2) is 4.55. The van der Waals surface area contributed by atoms with Crippen molar-refractivity contribution >= 4 is 5.97 Å². The summed E-state index contributed by atoms with van der Waals surface area (Å²) < 4.78 is 7.42. The summed E-state index contributed by atoms with van der Waals surface area (Å²) in [6.07, 6.45) is 6.69. The Morgan fingerprint density at radius 1 is 1.50 bits per heavy atom. The van der Waals surface area contributed by atoms with Crippen molar-refractivity contribution < 1.29 is 14.6 Å². The lowest BCUT2D eigenvalue weighted by Crippen LogP contribution is -2.27. The molecule has 0 aromatic carbocycles. The number of hydrogen-bond donors (Lipinski definition) is 1. The highest BCUT2D eigenvalue weighted by Gasteiger charge is 2.26. The van der Waals surface area contributed by atoms with Gasteiger partial charge in [-0.1, -0.05) is 0 Å². The molecule has 0 aliphatic heterocycles. The molecule has 1 N–H and O–H groups in total. The Morgan fingerprint density at radius 3 is 2.69 bits per heavy atom. The zero-order valence-electron chi connectivity index (χ0n) is 9.30. The van der Waals surface area contributed by atoms with E-state index in [1.807, 2.05) is 13.2 Å². The molecule has 0 spiro atoms. The Bertz CT molecular complexity index is 367. The van der Waals surface area contributed by atoms with E-state index >= 15 is 0 Å². The molecule has 1 saturated carbocycles. The van der Waals surface area contributed by atoms with Crippen LogP contribution in [0.15, 0.2) is 12.4 Å². The molecule has 1 heterocycles. The summed E-state index contributed by atoms with van der Waals surface area (Å²) in [5.74, 6) is -0.102. The molecule has 2 rings (SSSR count). The fourth-order valence-corrected chi connectivity index (χ4v) is 2.08. The first-order chi connectivity index (χ1) is 7.65. The molecule has 0 saturated heterocycles. The van der Waals surface area contributed by atoms with E-state index in [1.54, 1.807) is 10.9 Å². The number of ether oxygens (including phenoxy) is 1. The molecule has 0 amide bonds. The minimum Gasteiger partial charge on any atom is -0.487 e. The molecule has 0 bridgehead atoms. The van der Waals surface area contributed by atoms with E-state index < -0.39 is 5.97 Å². The predicted octanol–water partition coefficient (Wildman–Crippen LogP) is 1.44. The Balaban J connectivity index is 1.83. The van der Waals surface area contributed by atoms with Gasteiger partial charge >= 0.3 is 5.97 Å². The fraction of sp³-hybridized carbons (Fsp3) is 0.636. The minimum atomic E-state index is -0.681. The van der Waals surface area contributed by atoms with Crippen LogP contribution in [0.5, 0.6) is 5.75 Å². The van der Waals surface area contributed by atoms with Crippen LogP contribution in [-0.2, 0) is 11.8 Å². The molecule has 1 aromatic heterocycles. The first-order valence-corrected chi connectivity index (χ1v) is 5.53. The van der Waals surface area contributed by atoms with Crippen LogP contribution in [0.1, 0.15) is 25.7 Å². The van der Waals surface area contributed by atoms with Crippen molar-refractivity contribution in [2.24, 2.45) is 13.0 Å². The summed E-state index contributed by atoms with van der Waals surface area (Å²) in [6.45, 7) is 0. The highest BCUT2D eigenvalue weighted by Crippen LogP contribution is 2.27. The van der Waals surface area contributed by atoms with Crippen LogP contribution in [-0.4, -0.2) is 27.0 Å². The van der Waals surface area contributed by atoms with Crippen LogP contribution in [0.4, 0.5) is 0 Å². The summed E-state index contributed by atoms with van der Waals surface area (Å²) >= 11 is 0. The largest absolute Gasteiger partial charge is 0.487 e. The van der Waals surface area contributed by atoms with Crippen LogP contribution >= 0.6 is 0 Å². The third kappa shape index (κ3) is 2.53. The van der Waals surface area contributed by atoms with Crippen molar-refractivity contribution in [2.45, 2.75) is 31.8 Å². The topological polar surface area (TPSA) is 64.3 Å². The molecule has 16 heavy (non-hydrogen) atoms. The molecular formula is C11H16N2O3. The van der Waals surface area contributed by atoms with Crippen molar-refractivity contribution in [3.63, 3.8) is 0 Å². The van der Waals surface area contributed by atoms with Gasteiger partial charge in [-0.2, -0.15) is 5.10 Å². The van der Waals surface area contributed by atoms with E-state index in [2.05, 4.69) is 5.10 Å². The van der Waals surface area contributed by atoms with E-state index in [1.165, 1.54) is 0 Å². The molecule has 1 aromatic rings. The van der Waals surface area contributed by atoms with Gasteiger partial charge in [0, 0.05) is 7.05 Å². The summed E-state index contributed by atoms with van der Waals surface area (Å²) in [7, 11) is 1.84. The molecule has 0 unspecified atom stereocenters. The SMILES string of the molecule is Cn1cc(OC2CCC(C(=O)O)CC2)cn1. The van der Waals surface area contributed by atoms with E-state index in [4.69, 9.17) is 9.84 Å². The molecule has 1 fully saturated rings. The van der Waals surface area contributed by atoms with Crippen LogP contribution < -0.4 is 4.74 Å². The number of aryl methyl sites for hydroxylation is 1. The normalized spacial score (nSPS) is 25.3. The maximum absolute atomic E-state index is 10.8. The van der Waals surface area contributed by atoms with E-state index in [0.29, 0.717) is 12.8 Å². The number of rotatable bonds is 3. The Hall–Kier alpha value is -1.52. The average molecular weight is 224 g/mol. The van der Waals surface area contributed by atoms with Crippen LogP contribution in [0.3, 0.4) is 0 Å². The standard InChI is InChI=1S/C11H16N2O3/c1-13-7-10(6-12-13)16-9-4-2-8(3-5-9)11(14)15/h6-9H,2-5H2,1H3,(H,14,15). The van der Waals surface area contributed by atoms with Crippen LogP contribution in [0.25, 0.3) is 0 Å².